The molecule has 2 aromatic carbocycles. The second-order valence-corrected chi connectivity index (χ2v) is 8.11. The number of hydrogen-bond donors (Lipinski definition) is 1. The van der Waals surface area contributed by atoms with Crippen LogP contribution in [0.3, 0.4) is 0 Å². The van der Waals surface area contributed by atoms with Crippen LogP contribution in [0.25, 0.3) is 0 Å². The maximum atomic E-state index is 12.6. The highest BCUT2D eigenvalue weighted by atomic mass is 16.5. The van der Waals surface area contributed by atoms with E-state index in [2.05, 4.69) is 29.3 Å². The van der Waals surface area contributed by atoms with Gasteiger partial charge in [0.2, 0.25) is 11.8 Å². The van der Waals surface area contributed by atoms with Gasteiger partial charge in [-0.1, -0.05) is 36.4 Å². The molecule has 1 fully saturated rings. The third-order valence-electron chi connectivity index (χ3n) is 5.94. The molecule has 1 N–H and O–H groups in total. The highest BCUT2D eigenvalue weighted by Crippen LogP contribution is 2.19. The molecule has 0 aromatic heterocycles. The van der Waals surface area contributed by atoms with E-state index in [1.54, 1.807) is 0 Å². The van der Waals surface area contributed by atoms with Crippen molar-refractivity contribution in [1.29, 1.82) is 0 Å². The second-order valence-electron chi connectivity index (χ2n) is 8.11. The van der Waals surface area contributed by atoms with Gasteiger partial charge in [-0.3, -0.25) is 9.59 Å². The number of anilines is 1. The van der Waals surface area contributed by atoms with Gasteiger partial charge < -0.3 is 19.9 Å². The summed E-state index contributed by atoms with van der Waals surface area (Å²) in [5.74, 6) is 0.928. The van der Waals surface area contributed by atoms with Crippen LogP contribution in [0.5, 0.6) is 5.75 Å². The molecule has 1 heterocycles. The number of rotatable bonds is 9. The van der Waals surface area contributed by atoms with Crippen LogP contribution in [0.2, 0.25) is 0 Å². The molecule has 166 valence electrons. The van der Waals surface area contributed by atoms with Crippen LogP contribution in [-0.2, 0) is 9.59 Å². The normalized spacial score (nSPS) is 15.2. The van der Waals surface area contributed by atoms with Crippen LogP contribution in [-0.4, -0.2) is 56.0 Å². The zero-order valence-corrected chi connectivity index (χ0v) is 18.5. The van der Waals surface area contributed by atoms with E-state index >= 15 is 0 Å². The Morgan fingerprint density at radius 1 is 1.06 bits per heavy atom. The van der Waals surface area contributed by atoms with Gasteiger partial charge in [-0.2, -0.15) is 0 Å². The molecule has 31 heavy (non-hydrogen) atoms. The average molecular weight is 424 g/mol. The molecule has 0 aliphatic carbocycles. The largest absolute Gasteiger partial charge is 0.493 e. The fourth-order valence-electron chi connectivity index (χ4n) is 3.77. The van der Waals surface area contributed by atoms with Gasteiger partial charge in [0.15, 0.2) is 0 Å². The molecule has 1 aliphatic heterocycles. The molecule has 0 bridgehead atoms. The fraction of sp³-hybridized carbons (Fsp3) is 0.440. The first-order chi connectivity index (χ1) is 15.0. The molecule has 6 heteroatoms. The van der Waals surface area contributed by atoms with Crippen LogP contribution in [0.1, 0.15) is 26.2 Å². The van der Waals surface area contributed by atoms with Crippen molar-refractivity contribution < 1.29 is 14.3 Å². The Kier molecular flexibility index (Phi) is 8.33. The molecule has 6 nitrogen and oxygen atoms in total. The van der Waals surface area contributed by atoms with Crippen molar-refractivity contribution in [2.24, 2.45) is 5.92 Å². The Balaban J connectivity index is 1.35. The first-order valence-electron chi connectivity index (χ1n) is 11.1. The Labute approximate surface area is 185 Å². The quantitative estimate of drug-likeness (QED) is 0.672. The predicted molar refractivity (Wildman–Crippen MR) is 123 cm³/mol. The lowest BCUT2D eigenvalue weighted by Crippen LogP contribution is -2.46. The third-order valence-corrected chi connectivity index (χ3v) is 5.94. The van der Waals surface area contributed by atoms with E-state index in [1.165, 1.54) is 0 Å². The molecule has 2 amide bonds. The Morgan fingerprint density at radius 2 is 1.68 bits per heavy atom. The Morgan fingerprint density at radius 3 is 2.32 bits per heavy atom. The van der Waals surface area contributed by atoms with Crippen molar-refractivity contribution in [1.82, 2.24) is 10.2 Å². The first kappa shape index (κ1) is 22.7. The van der Waals surface area contributed by atoms with Gasteiger partial charge in [-0.05, 0) is 44.0 Å². The van der Waals surface area contributed by atoms with E-state index < -0.39 is 0 Å². The van der Waals surface area contributed by atoms with E-state index in [1.807, 2.05) is 60.5 Å². The van der Waals surface area contributed by atoms with E-state index in [9.17, 15) is 9.59 Å². The Bertz CT molecular complexity index is 820. The van der Waals surface area contributed by atoms with Gasteiger partial charge in [0.25, 0.3) is 0 Å². The molecule has 0 spiro atoms. The lowest BCUT2D eigenvalue weighted by molar-refractivity contribution is -0.136. The number of likely N-dealkylation sites (tertiary alicyclic amines) is 1. The minimum atomic E-state index is -0.0288. The molecular formula is C25H33N3O3. The van der Waals surface area contributed by atoms with Gasteiger partial charge in [0, 0.05) is 44.3 Å². The summed E-state index contributed by atoms with van der Waals surface area (Å²) in [6.45, 7) is 4.33. The lowest BCUT2D eigenvalue weighted by atomic mass is 9.95. The summed E-state index contributed by atoms with van der Waals surface area (Å²) < 4.78 is 5.62. The maximum absolute atomic E-state index is 12.6. The topological polar surface area (TPSA) is 61.9 Å². The highest BCUT2D eigenvalue weighted by molar-refractivity contribution is 5.80. The number of carbonyl (C=O) groups is 2. The number of para-hydroxylation sites is 2. The van der Waals surface area contributed by atoms with Crippen molar-refractivity contribution in [2.45, 2.75) is 32.2 Å². The molecule has 0 saturated carbocycles. The molecule has 3 rings (SSSR count). The number of ether oxygens (including phenoxy) is 1. The van der Waals surface area contributed by atoms with Crippen LogP contribution in [0.4, 0.5) is 5.69 Å². The third kappa shape index (κ3) is 6.74. The monoisotopic (exact) mass is 423 g/mol. The van der Waals surface area contributed by atoms with Gasteiger partial charge in [-0.25, -0.2) is 0 Å². The second kappa shape index (κ2) is 11.4. The van der Waals surface area contributed by atoms with Crippen LogP contribution in [0, 0.1) is 5.92 Å². The number of amides is 2. The lowest BCUT2D eigenvalue weighted by Gasteiger charge is -2.32. The first-order valence-corrected chi connectivity index (χ1v) is 11.1. The summed E-state index contributed by atoms with van der Waals surface area (Å²) in [5, 5.41) is 3.10. The number of benzene rings is 2. The minimum Gasteiger partial charge on any atom is -0.493 e. The number of piperidine rings is 1. The summed E-state index contributed by atoms with van der Waals surface area (Å²) >= 11 is 0. The summed E-state index contributed by atoms with van der Waals surface area (Å²) in [6, 6.07) is 19.9. The summed E-state index contributed by atoms with van der Waals surface area (Å²) in [4.78, 5) is 29.1. The van der Waals surface area contributed by atoms with E-state index in [-0.39, 0.29) is 23.8 Å². The minimum absolute atomic E-state index is 0.0288. The maximum Gasteiger partial charge on any atom is 0.225 e. The van der Waals surface area contributed by atoms with E-state index in [0.29, 0.717) is 45.5 Å². The summed E-state index contributed by atoms with van der Waals surface area (Å²) in [6.07, 6.45) is 1.77. The van der Waals surface area contributed by atoms with Crippen LogP contribution >= 0.6 is 0 Å². The molecule has 1 unspecified atom stereocenters. The van der Waals surface area contributed by atoms with E-state index in [0.717, 1.165) is 11.4 Å². The number of nitrogens with zero attached hydrogens (tertiary/aromatic N) is 2. The zero-order chi connectivity index (χ0) is 22.1. The standard InChI is InChI=1S/C25H33N3O3/c1-20(27(2)22-9-5-3-6-10-22)19-26-25(30)21-13-16-28(17-14-21)24(29)15-18-31-23-11-7-4-8-12-23/h3-12,20-21H,13-19H2,1-2H3,(H,26,30). The van der Waals surface area contributed by atoms with Crippen molar-refractivity contribution in [3.05, 3.63) is 60.7 Å². The van der Waals surface area contributed by atoms with Gasteiger partial charge in [-0.15, -0.1) is 0 Å². The van der Waals surface area contributed by atoms with Crippen LogP contribution in [0.15, 0.2) is 60.7 Å². The van der Waals surface area contributed by atoms with Gasteiger partial charge in [0.1, 0.15) is 5.75 Å². The molecule has 0 radical (unpaired) electrons. The molecule has 1 saturated heterocycles. The van der Waals surface area contributed by atoms with Crippen molar-refractivity contribution >= 4 is 17.5 Å². The number of carbonyl (C=O) groups excluding carboxylic acids is 2. The predicted octanol–water partition coefficient (Wildman–Crippen LogP) is 3.34. The zero-order valence-electron chi connectivity index (χ0n) is 18.5. The smallest absolute Gasteiger partial charge is 0.225 e. The fourth-order valence-corrected chi connectivity index (χ4v) is 3.77. The molecule has 1 aliphatic rings. The number of nitrogens with one attached hydrogen (secondary N) is 1. The SMILES string of the molecule is CC(CNC(=O)C1CCN(C(=O)CCOc2ccccc2)CC1)N(C)c1ccccc1. The summed E-state index contributed by atoms with van der Waals surface area (Å²) in [5.41, 5.74) is 1.13. The number of likely N-dealkylation sites (N-methyl/N-ethyl adjacent to an activating group) is 1. The number of hydrogen-bond acceptors (Lipinski definition) is 4. The van der Waals surface area contributed by atoms with Crippen molar-refractivity contribution in [2.75, 3.05) is 38.2 Å². The van der Waals surface area contributed by atoms with Gasteiger partial charge >= 0.3 is 0 Å². The molecule has 2 aromatic rings. The highest BCUT2D eigenvalue weighted by Gasteiger charge is 2.27. The van der Waals surface area contributed by atoms with Crippen LogP contribution < -0.4 is 15.0 Å². The molecule has 1 atom stereocenters. The Hall–Kier alpha value is -3.02. The van der Waals surface area contributed by atoms with Crippen molar-refractivity contribution in [3.63, 3.8) is 0 Å². The van der Waals surface area contributed by atoms with Crippen molar-refractivity contribution in [3.8, 4) is 5.75 Å². The average Bonchev–Trinajstić information content (AvgIpc) is 2.83. The van der Waals surface area contributed by atoms with E-state index in [4.69, 9.17) is 4.74 Å². The van der Waals surface area contributed by atoms with Gasteiger partial charge in [0.05, 0.1) is 13.0 Å². The summed E-state index contributed by atoms with van der Waals surface area (Å²) in [7, 11) is 2.04. The molecular weight excluding hydrogens is 390 g/mol.